The van der Waals surface area contributed by atoms with E-state index in [1.165, 1.54) is 24.7 Å². The summed E-state index contributed by atoms with van der Waals surface area (Å²) >= 11 is 0. The first-order valence-electron chi connectivity index (χ1n) is 9.60. The number of aromatic hydroxyl groups is 2. The second kappa shape index (κ2) is 9.64. The van der Waals surface area contributed by atoms with E-state index in [-0.39, 0.29) is 11.5 Å². The maximum atomic E-state index is 9.90. The first kappa shape index (κ1) is 21.0. The van der Waals surface area contributed by atoms with Gasteiger partial charge in [-0.3, -0.25) is 5.43 Å². The van der Waals surface area contributed by atoms with Crippen LogP contribution in [0.25, 0.3) is 10.9 Å². The normalized spacial score (nSPS) is 11.0. The van der Waals surface area contributed by atoms with Gasteiger partial charge in [0, 0.05) is 17.7 Å². The smallest absolute Gasteiger partial charge is 0.204 e. The average Bonchev–Trinajstić information content (AvgIpc) is 2.72. The molecule has 1 heterocycles. The van der Waals surface area contributed by atoms with Crippen LogP contribution >= 0.6 is 0 Å². The Morgan fingerprint density at radius 2 is 1.70 bits per heavy atom. The second-order valence-corrected chi connectivity index (χ2v) is 6.06. The lowest BCUT2D eigenvalue weighted by atomic mass is 10.1. The van der Waals surface area contributed by atoms with Crippen LogP contribution in [-0.4, -0.2) is 46.2 Å². The largest absolute Gasteiger partial charge is 0.508 e. The highest BCUT2D eigenvalue weighted by molar-refractivity contribution is 5.98. The third kappa shape index (κ3) is 4.45. The van der Waals surface area contributed by atoms with Gasteiger partial charge in [-0.25, -0.2) is 9.97 Å². The maximum absolute atomic E-state index is 9.90. The second-order valence-electron chi connectivity index (χ2n) is 6.06. The number of nitrogens with zero attached hydrogens (tertiary/aromatic N) is 3. The molecule has 0 saturated carbocycles. The third-order valence-electron chi connectivity index (χ3n) is 4.07. The summed E-state index contributed by atoms with van der Waals surface area (Å²) in [5.41, 5.74) is 3.90. The van der Waals surface area contributed by atoms with E-state index < -0.39 is 0 Å². The Bertz CT molecular complexity index is 1060. The van der Waals surface area contributed by atoms with Crippen molar-refractivity contribution in [1.82, 2.24) is 9.97 Å². The first-order valence-corrected chi connectivity index (χ1v) is 9.60. The Labute approximate surface area is 174 Å². The van der Waals surface area contributed by atoms with Gasteiger partial charge < -0.3 is 24.4 Å². The lowest BCUT2D eigenvalue weighted by Gasteiger charge is -2.18. The van der Waals surface area contributed by atoms with Crippen LogP contribution in [-0.2, 0) is 0 Å². The highest BCUT2D eigenvalue weighted by Crippen LogP contribution is 2.45. The van der Waals surface area contributed by atoms with Crippen LogP contribution in [0.3, 0.4) is 0 Å². The van der Waals surface area contributed by atoms with E-state index in [0.29, 0.717) is 59.4 Å². The third-order valence-corrected chi connectivity index (χ3v) is 4.07. The predicted octanol–water partition coefficient (Wildman–Crippen LogP) is 3.68. The van der Waals surface area contributed by atoms with E-state index in [2.05, 4.69) is 20.5 Å². The van der Waals surface area contributed by atoms with Gasteiger partial charge in [0.05, 0.1) is 36.9 Å². The Morgan fingerprint density at radius 3 is 2.40 bits per heavy atom. The van der Waals surface area contributed by atoms with E-state index in [1.807, 2.05) is 20.8 Å². The van der Waals surface area contributed by atoms with Gasteiger partial charge in [-0.2, -0.15) is 5.10 Å². The fraction of sp³-hybridized carbons (Fsp3) is 0.286. The summed E-state index contributed by atoms with van der Waals surface area (Å²) in [6, 6.07) is 6.01. The summed E-state index contributed by atoms with van der Waals surface area (Å²) in [5, 5.41) is 24.0. The molecule has 0 aliphatic rings. The molecule has 0 bridgehead atoms. The van der Waals surface area contributed by atoms with Crippen LogP contribution in [0.2, 0.25) is 0 Å². The highest BCUT2D eigenvalue weighted by Gasteiger charge is 2.21. The van der Waals surface area contributed by atoms with Crippen LogP contribution in [0.5, 0.6) is 28.7 Å². The SMILES string of the molecule is CCOc1cc2ncnc(N/N=C/c3ccc(O)cc3O)c2c(OCC)c1OCC. The van der Waals surface area contributed by atoms with Crippen LogP contribution in [0.15, 0.2) is 35.7 Å². The molecule has 9 nitrogen and oxygen atoms in total. The number of benzene rings is 2. The maximum Gasteiger partial charge on any atom is 0.204 e. The molecule has 1 aromatic heterocycles. The predicted molar refractivity (Wildman–Crippen MR) is 114 cm³/mol. The molecule has 0 saturated heterocycles. The molecule has 0 aliphatic carbocycles. The number of phenolic OH excluding ortho intramolecular Hbond substituents is 2. The van der Waals surface area contributed by atoms with Crippen molar-refractivity contribution in [3.8, 4) is 28.7 Å². The number of hydrogen-bond acceptors (Lipinski definition) is 9. The number of aromatic nitrogens is 2. The number of phenols is 2. The van der Waals surface area contributed by atoms with Gasteiger partial charge >= 0.3 is 0 Å². The van der Waals surface area contributed by atoms with Crippen LogP contribution in [0.4, 0.5) is 5.82 Å². The van der Waals surface area contributed by atoms with Gasteiger partial charge in [-0.15, -0.1) is 0 Å². The lowest BCUT2D eigenvalue weighted by Crippen LogP contribution is -2.05. The Kier molecular flexibility index (Phi) is 6.74. The van der Waals surface area contributed by atoms with Gasteiger partial charge in [0.2, 0.25) is 5.75 Å². The number of hydrogen-bond donors (Lipinski definition) is 3. The first-order chi connectivity index (χ1) is 14.6. The Balaban J connectivity index is 2.06. The molecule has 3 N–H and O–H groups in total. The van der Waals surface area contributed by atoms with Gasteiger partial charge in [0.25, 0.3) is 0 Å². The van der Waals surface area contributed by atoms with Crippen LogP contribution in [0, 0.1) is 0 Å². The molecule has 0 amide bonds. The van der Waals surface area contributed by atoms with Crippen molar-refractivity contribution < 1.29 is 24.4 Å². The van der Waals surface area contributed by atoms with E-state index >= 15 is 0 Å². The number of ether oxygens (including phenoxy) is 3. The quantitative estimate of drug-likeness (QED) is 0.360. The molecule has 9 heteroatoms. The van der Waals surface area contributed by atoms with Gasteiger partial charge in [0.15, 0.2) is 17.3 Å². The zero-order chi connectivity index (χ0) is 21.5. The molecule has 0 unspecified atom stereocenters. The number of hydrazone groups is 1. The highest BCUT2D eigenvalue weighted by atomic mass is 16.5. The Morgan fingerprint density at radius 1 is 0.967 bits per heavy atom. The van der Waals surface area contributed by atoms with E-state index in [9.17, 15) is 10.2 Å². The fourth-order valence-corrected chi connectivity index (χ4v) is 2.86. The number of fused-ring (bicyclic) bond motifs is 1. The van der Waals surface area contributed by atoms with Gasteiger partial charge in [-0.1, -0.05) is 0 Å². The molecule has 0 radical (unpaired) electrons. The minimum absolute atomic E-state index is 0.0330. The van der Waals surface area contributed by atoms with E-state index in [0.717, 1.165) is 0 Å². The lowest BCUT2D eigenvalue weighted by molar-refractivity contribution is 0.263. The molecular formula is C21H24N4O5. The van der Waals surface area contributed by atoms with Crippen molar-refractivity contribution >= 4 is 22.9 Å². The molecule has 3 rings (SSSR count). The zero-order valence-corrected chi connectivity index (χ0v) is 17.0. The molecule has 2 aromatic carbocycles. The fourth-order valence-electron chi connectivity index (χ4n) is 2.86. The molecule has 0 spiro atoms. The molecule has 0 fully saturated rings. The van der Waals surface area contributed by atoms with Crippen molar-refractivity contribution in [2.45, 2.75) is 20.8 Å². The minimum Gasteiger partial charge on any atom is -0.508 e. The van der Waals surface area contributed by atoms with Crippen molar-refractivity contribution in [3.05, 3.63) is 36.2 Å². The Hall–Kier alpha value is -3.75. The summed E-state index contributed by atoms with van der Waals surface area (Å²) in [4.78, 5) is 8.61. The van der Waals surface area contributed by atoms with Crippen molar-refractivity contribution in [1.29, 1.82) is 0 Å². The molecule has 3 aromatic rings. The minimum atomic E-state index is -0.0944. The van der Waals surface area contributed by atoms with Crippen molar-refractivity contribution in [3.63, 3.8) is 0 Å². The topological polar surface area (TPSA) is 118 Å². The number of anilines is 1. The van der Waals surface area contributed by atoms with Crippen molar-refractivity contribution in [2.75, 3.05) is 25.2 Å². The number of rotatable bonds is 9. The molecular weight excluding hydrogens is 388 g/mol. The molecule has 0 aliphatic heterocycles. The van der Waals surface area contributed by atoms with E-state index in [4.69, 9.17) is 14.2 Å². The summed E-state index contributed by atoms with van der Waals surface area (Å²) in [6.45, 7) is 6.95. The van der Waals surface area contributed by atoms with Crippen LogP contribution < -0.4 is 19.6 Å². The van der Waals surface area contributed by atoms with Gasteiger partial charge in [0.1, 0.15) is 17.8 Å². The summed E-state index contributed by atoms with van der Waals surface area (Å²) in [7, 11) is 0. The molecule has 0 atom stereocenters. The molecule has 30 heavy (non-hydrogen) atoms. The van der Waals surface area contributed by atoms with Gasteiger partial charge in [-0.05, 0) is 32.9 Å². The number of nitrogens with one attached hydrogen (secondary N) is 1. The zero-order valence-electron chi connectivity index (χ0n) is 17.0. The monoisotopic (exact) mass is 412 g/mol. The van der Waals surface area contributed by atoms with Crippen molar-refractivity contribution in [2.24, 2.45) is 5.10 Å². The standard InChI is InChI=1S/C21H24N4O5/c1-4-28-17-10-15-18(20(30-6-3)19(17)29-5-2)21(23-12-22-15)25-24-11-13-7-8-14(26)9-16(13)27/h7-12,26-27H,4-6H2,1-3H3,(H,22,23,25)/b24-11+. The summed E-state index contributed by atoms with van der Waals surface area (Å²) in [6.07, 6.45) is 2.82. The van der Waals surface area contributed by atoms with Crippen LogP contribution in [0.1, 0.15) is 26.3 Å². The summed E-state index contributed by atoms with van der Waals surface area (Å²) < 4.78 is 17.4. The molecule has 158 valence electrons. The summed E-state index contributed by atoms with van der Waals surface area (Å²) in [5.74, 6) is 1.76. The average molecular weight is 412 g/mol. The van der Waals surface area contributed by atoms with E-state index in [1.54, 1.807) is 12.1 Å².